The molecule has 0 aromatic heterocycles. The Labute approximate surface area is 142 Å². The fraction of sp³-hybridized carbons (Fsp3) is 0.889. The minimum atomic E-state index is -0.429. The third-order valence-corrected chi connectivity index (χ3v) is 4.24. The number of likely N-dealkylation sites (N-methyl/N-ethyl adjacent to an activating group) is 1. The standard InChI is InChI=1S/C18H37N3O2/c1-4-6-7-8-9-10-11-12-13-14-15-16(17(22)23-5-2)21(3)18(19)20/h16H,4-15H2,1-3H3,(H3,19,20). The Bertz CT molecular complexity index is 321. The highest BCUT2D eigenvalue weighted by molar-refractivity contribution is 5.83. The summed E-state index contributed by atoms with van der Waals surface area (Å²) in [4.78, 5) is 13.5. The number of esters is 1. The molecule has 136 valence electrons. The number of nitrogens with one attached hydrogen (secondary N) is 1. The molecule has 23 heavy (non-hydrogen) atoms. The van der Waals surface area contributed by atoms with Gasteiger partial charge in [0.05, 0.1) is 6.61 Å². The van der Waals surface area contributed by atoms with Gasteiger partial charge in [0.25, 0.3) is 0 Å². The van der Waals surface area contributed by atoms with Crippen LogP contribution in [0.15, 0.2) is 0 Å². The Morgan fingerprint density at radius 3 is 1.91 bits per heavy atom. The molecule has 0 aliphatic heterocycles. The van der Waals surface area contributed by atoms with Gasteiger partial charge < -0.3 is 15.4 Å². The van der Waals surface area contributed by atoms with Crippen molar-refractivity contribution in [2.24, 2.45) is 5.73 Å². The number of rotatable bonds is 14. The van der Waals surface area contributed by atoms with Crippen molar-refractivity contribution in [3.05, 3.63) is 0 Å². The van der Waals surface area contributed by atoms with E-state index in [1.54, 1.807) is 14.0 Å². The summed E-state index contributed by atoms with van der Waals surface area (Å²) in [6, 6.07) is -0.429. The van der Waals surface area contributed by atoms with Crippen LogP contribution in [0.4, 0.5) is 0 Å². The van der Waals surface area contributed by atoms with Crippen LogP contribution in [0.5, 0.6) is 0 Å². The molecule has 0 radical (unpaired) electrons. The first-order valence-electron chi connectivity index (χ1n) is 9.28. The number of carbonyl (C=O) groups is 1. The first-order valence-corrected chi connectivity index (χ1v) is 9.28. The Kier molecular flexibility index (Phi) is 13.6. The zero-order chi connectivity index (χ0) is 17.5. The van der Waals surface area contributed by atoms with Crippen molar-refractivity contribution in [3.8, 4) is 0 Å². The van der Waals surface area contributed by atoms with E-state index in [0.717, 1.165) is 12.8 Å². The summed E-state index contributed by atoms with van der Waals surface area (Å²) in [5.41, 5.74) is 5.49. The predicted octanol–water partition coefficient (Wildman–Crippen LogP) is 4.05. The van der Waals surface area contributed by atoms with Crippen LogP contribution in [0.3, 0.4) is 0 Å². The molecule has 0 bridgehead atoms. The predicted molar refractivity (Wildman–Crippen MR) is 96.6 cm³/mol. The maximum absolute atomic E-state index is 12.0. The molecule has 3 N–H and O–H groups in total. The molecule has 0 rings (SSSR count). The van der Waals surface area contributed by atoms with Gasteiger partial charge in [0.2, 0.25) is 0 Å². The summed E-state index contributed by atoms with van der Waals surface area (Å²) in [6.45, 7) is 4.40. The van der Waals surface area contributed by atoms with E-state index in [9.17, 15) is 4.79 Å². The number of unbranched alkanes of at least 4 members (excludes halogenated alkanes) is 9. The molecule has 0 saturated carbocycles. The number of carbonyl (C=O) groups excluding carboxylic acids is 1. The van der Waals surface area contributed by atoms with Crippen LogP contribution in [-0.4, -0.2) is 36.5 Å². The lowest BCUT2D eigenvalue weighted by Crippen LogP contribution is -2.46. The SMILES string of the molecule is CCCCCCCCCCCCC(C(=O)OCC)N(C)C(=N)N. The van der Waals surface area contributed by atoms with Crippen molar-refractivity contribution < 1.29 is 9.53 Å². The normalized spacial score (nSPS) is 12.0. The minimum Gasteiger partial charge on any atom is -0.464 e. The summed E-state index contributed by atoms with van der Waals surface area (Å²) >= 11 is 0. The maximum Gasteiger partial charge on any atom is 0.328 e. The van der Waals surface area contributed by atoms with Crippen molar-refractivity contribution in [1.82, 2.24) is 4.90 Å². The van der Waals surface area contributed by atoms with Gasteiger partial charge in [0.1, 0.15) is 6.04 Å². The summed E-state index contributed by atoms with van der Waals surface area (Å²) in [6.07, 6.45) is 13.3. The average molecular weight is 328 g/mol. The first-order chi connectivity index (χ1) is 11.0. The number of hydrogen-bond acceptors (Lipinski definition) is 3. The van der Waals surface area contributed by atoms with Crippen LogP contribution in [0, 0.1) is 5.41 Å². The Hall–Kier alpha value is -1.26. The molecule has 5 heteroatoms. The highest BCUT2D eigenvalue weighted by atomic mass is 16.5. The van der Waals surface area contributed by atoms with E-state index >= 15 is 0 Å². The van der Waals surface area contributed by atoms with E-state index in [2.05, 4.69) is 6.92 Å². The molecular formula is C18H37N3O2. The molecule has 0 amide bonds. The van der Waals surface area contributed by atoms with Gasteiger partial charge in [-0.3, -0.25) is 5.41 Å². The van der Waals surface area contributed by atoms with Crippen molar-refractivity contribution in [3.63, 3.8) is 0 Å². The smallest absolute Gasteiger partial charge is 0.328 e. The molecular weight excluding hydrogens is 290 g/mol. The third-order valence-electron chi connectivity index (χ3n) is 4.24. The second kappa shape index (κ2) is 14.3. The van der Waals surface area contributed by atoms with E-state index in [-0.39, 0.29) is 11.9 Å². The van der Waals surface area contributed by atoms with Gasteiger partial charge in [-0.1, -0.05) is 71.1 Å². The summed E-state index contributed by atoms with van der Waals surface area (Å²) in [5, 5.41) is 7.49. The largest absolute Gasteiger partial charge is 0.464 e. The van der Waals surface area contributed by atoms with E-state index in [4.69, 9.17) is 15.9 Å². The fourth-order valence-corrected chi connectivity index (χ4v) is 2.70. The van der Waals surface area contributed by atoms with Gasteiger partial charge in [-0.15, -0.1) is 0 Å². The second-order valence-electron chi connectivity index (χ2n) is 6.23. The van der Waals surface area contributed by atoms with Gasteiger partial charge in [-0.25, -0.2) is 4.79 Å². The molecule has 0 aliphatic carbocycles. The lowest BCUT2D eigenvalue weighted by atomic mass is 10.0. The third kappa shape index (κ3) is 11.0. The first kappa shape index (κ1) is 21.7. The monoisotopic (exact) mass is 327 g/mol. The van der Waals surface area contributed by atoms with Crippen molar-refractivity contribution in [2.75, 3.05) is 13.7 Å². The van der Waals surface area contributed by atoms with Gasteiger partial charge in [-0.05, 0) is 13.3 Å². The molecule has 0 aromatic carbocycles. The van der Waals surface area contributed by atoms with E-state index in [1.165, 1.54) is 56.3 Å². The van der Waals surface area contributed by atoms with Crippen molar-refractivity contribution >= 4 is 11.9 Å². The van der Waals surface area contributed by atoms with Crippen LogP contribution < -0.4 is 5.73 Å². The minimum absolute atomic E-state index is 0.0878. The molecule has 5 nitrogen and oxygen atoms in total. The summed E-state index contributed by atoms with van der Waals surface area (Å²) in [7, 11) is 1.68. The van der Waals surface area contributed by atoms with Gasteiger partial charge in [0.15, 0.2) is 5.96 Å². The molecule has 0 spiro atoms. The highest BCUT2D eigenvalue weighted by Crippen LogP contribution is 2.14. The number of nitrogens with zero attached hydrogens (tertiary/aromatic N) is 1. The van der Waals surface area contributed by atoms with Crippen molar-refractivity contribution in [2.45, 2.75) is 90.5 Å². The van der Waals surface area contributed by atoms with Gasteiger partial charge >= 0.3 is 5.97 Å². The number of hydrogen-bond donors (Lipinski definition) is 2. The molecule has 0 saturated heterocycles. The molecule has 0 fully saturated rings. The molecule has 0 aromatic rings. The quantitative estimate of drug-likeness (QED) is 0.218. The Balaban J connectivity index is 3.82. The van der Waals surface area contributed by atoms with E-state index < -0.39 is 6.04 Å². The lowest BCUT2D eigenvalue weighted by molar-refractivity contribution is -0.148. The zero-order valence-electron chi connectivity index (χ0n) is 15.4. The fourth-order valence-electron chi connectivity index (χ4n) is 2.70. The molecule has 0 heterocycles. The Morgan fingerprint density at radius 1 is 1.00 bits per heavy atom. The van der Waals surface area contributed by atoms with Gasteiger partial charge in [0, 0.05) is 7.05 Å². The zero-order valence-corrected chi connectivity index (χ0v) is 15.4. The van der Waals surface area contributed by atoms with E-state index in [1.807, 2.05) is 0 Å². The van der Waals surface area contributed by atoms with E-state index in [0.29, 0.717) is 13.0 Å². The lowest BCUT2D eigenvalue weighted by Gasteiger charge is -2.26. The van der Waals surface area contributed by atoms with Crippen LogP contribution in [0.1, 0.15) is 84.5 Å². The van der Waals surface area contributed by atoms with Crippen molar-refractivity contribution in [1.29, 1.82) is 5.41 Å². The average Bonchev–Trinajstić information content (AvgIpc) is 2.52. The van der Waals surface area contributed by atoms with Gasteiger partial charge in [-0.2, -0.15) is 0 Å². The summed E-state index contributed by atoms with van der Waals surface area (Å²) < 4.78 is 5.08. The topological polar surface area (TPSA) is 79.4 Å². The molecule has 1 atom stereocenters. The Morgan fingerprint density at radius 2 is 1.48 bits per heavy atom. The number of nitrogens with two attached hydrogens (primary N) is 1. The van der Waals surface area contributed by atoms with Crippen LogP contribution in [0.2, 0.25) is 0 Å². The van der Waals surface area contributed by atoms with Crippen LogP contribution in [-0.2, 0) is 9.53 Å². The second-order valence-corrected chi connectivity index (χ2v) is 6.23. The molecule has 0 aliphatic rings. The number of ether oxygens (including phenoxy) is 1. The molecule has 1 unspecified atom stereocenters. The van der Waals surface area contributed by atoms with Crippen LogP contribution >= 0.6 is 0 Å². The van der Waals surface area contributed by atoms with Crippen LogP contribution in [0.25, 0.3) is 0 Å². The highest BCUT2D eigenvalue weighted by Gasteiger charge is 2.24. The number of guanidine groups is 1. The summed E-state index contributed by atoms with van der Waals surface area (Å²) in [5.74, 6) is -0.365. The maximum atomic E-state index is 12.0.